The maximum Gasteiger partial charge on any atom is 0.419 e. The molecule has 2 aromatic rings. The van der Waals surface area contributed by atoms with Gasteiger partial charge in [0.25, 0.3) is 0 Å². The van der Waals surface area contributed by atoms with E-state index in [1.807, 2.05) is 18.0 Å². The van der Waals surface area contributed by atoms with Gasteiger partial charge in [-0.15, -0.1) is 0 Å². The Morgan fingerprint density at radius 3 is 2.72 bits per heavy atom. The van der Waals surface area contributed by atoms with Gasteiger partial charge in [0.1, 0.15) is 30.8 Å². The minimum atomic E-state index is -0.605. The number of nitrogens with one attached hydrogen (secondary N) is 1. The van der Waals surface area contributed by atoms with Crippen LogP contribution in [0.15, 0.2) is 18.6 Å². The average molecular weight is 544 g/mol. The zero-order chi connectivity index (χ0) is 28.6. The van der Waals surface area contributed by atoms with Crippen molar-refractivity contribution in [3.63, 3.8) is 0 Å². The Hall–Kier alpha value is -3.92. The average Bonchev–Trinajstić information content (AvgIpc) is 3.31. The van der Waals surface area contributed by atoms with Crippen LogP contribution in [0.1, 0.15) is 40.5 Å². The number of carbonyl (C=O) groups is 3. The summed E-state index contributed by atoms with van der Waals surface area (Å²) in [6, 6.07) is 3.67. The molecule has 1 N–H and O–H groups in total. The SMILES string of the molecule is C[C@@H]1CCN(C(=O)CC#N)CC1N(C)c1ncnc2c1ccn2C(=O)OCCOCCNC(=O)OC(C)(C)C. The minimum Gasteiger partial charge on any atom is -0.446 e. The number of hydrogen-bond donors (Lipinski definition) is 1. The number of likely N-dealkylation sites (tertiary alicyclic amines) is 1. The first-order valence-electron chi connectivity index (χ1n) is 12.9. The topological polar surface area (TPSA) is 152 Å². The summed E-state index contributed by atoms with van der Waals surface area (Å²) in [4.78, 5) is 49.1. The van der Waals surface area contributed by atoms with E-state index in [1.165, 1.54) is 10.9 Å². The van der Waals surface area contributed by atoms with Gasteiger partial charge < -0.3 is 29.3 Å². The summed E-state index contributed by atoms with van der Waals surface area (Å²) in [5.41, 5.74) is -0.169. The summed E-state index contributed by atoms with van der Waals surface area (Å²) < 4.78 is 17.2. The Labute approximate surface area is 228 Å². The molecule has 13 heteroatoms. The van der Waals surface area contributed by atoms with Gasteiger partial charge in [-0.2, -0.15) is 5.26 Å². The highest BCUT2D eigenvalue weighted by molar-refractivity contribution is 5.93. The second-order valence-electron chi connectivity index (χ2n) is 10.4. The number of hydrogen-bond acceptors (Lipinski definition) is 10. The Bertz CT molecular complexity index is 1200. The smallest absolute Gasteiger partial charge is 0.419 e. The Kier molecular flexibility index (Phi) is 10.1. The van der Waals surface area contributed by atoms with Gasteiger partial charge in [-0.1, -0.05) is 6.92 Å². The molecule has 1 aliphatic rings. The fraction of sp³-hybridized carbons (Fsp3) is 0.615. The van der Waals surface area contributed by atoms with Gasteiger partial charge in [-0.05, 0) is 39.2 Å². The number of aromatic nitrogens is 3. The van der Waals surface area contributed by atoms with E-state index in [-0.39, 0.29) is 50.7 Å². The number of nitriles is 1. The number of likely N-dealkylation sites (N-methyl/N-ethyl adjacent to an activating group) is 1. The van der Waals surface area contributed by atoms with Crippen LogP contribution < -0.4 is 10.2 Å². The number of ether oxygens (including phenoxy) is 3. The first-order valence-corrected chi connectivity index (χ1v) is 12.9. The van der Waals surface area contributed by atoms with Gasteiger partial charge in [0.05, 0.1) is 30.7 Å². The maximum atomic E-state index is 12.7. The Balaban J connectivity index is 1.54. The van der Waals surface area contributed by atoms with E-state index in [2.05, 4.69) is 22.2 Å². The third-order valence-corrected chi connectivity index (χ3v) is 6.36. The molecule has 0 bridgehead atoms. The third-order valence-electron chi connectivity index (χ3n) is 6.36. The maximum absolute atomic E-state index is 12.7. The van der Waals surface area contributed by atoms with E-state index >= 15 is 0 Å². The standard InChI is InChI=1S/C26H37N7O6/c1-18-7-11-32(21(34)6-9-27)16-20(18)31(5)22-19-8-12-33(23(19)30-17-29-22)25(36)38-15-14-37-13-10-28-24(35)39-26(2,3)4/h8,12,17-18,20H,6-7,10-11,13-16H2,1-5H3,(H,28,35)/t18-,20?/m1/s1. The van der Waals surface area contributed by atoms with E-state index in [0.29, 0.717) is 29.9 Å². The van der Waals surface area contributed by atoms with Crippen molar-refractivity contribution in [1.29, 1.82) is 5.26 Å². The number of fused-ring (bicyclic) bond motifs is 1. The van der Waals surface area contributed by atoms with E-state index < -0.39 is 17.8 Å². The number of anilines is 1. The van der Waals surface area contributed by atoms with Crippen LogP contribution in [0.5, 0.6) is 0 Å². The number of carbonyl (C=O) groups excluding carboxylic acids is 3. The molecule has 0 spiro atoms. The molecule has 0 saturated carbocycles. The summed E-state index contributed by atoms with van der Waals surface area (Å²) in [6.07, 6.45) is 2.52. The number of nitrogens with zero attached hydrogens (tertiary/aromatic N) is 6. The lowest BCUT2D eigenvalue weighted by atomic mass is 9.92. The number of amides is 2. The van der Waals surface area contributed by atoms with Crippen molar-refractivity contribution in [3.05, 3.63) is 18.6 Å². The predicted molar refractivity (Wildman–Crippen MR) is 142 cm³/mol. The number of piperidine rings is 1. The number of alkyl carbamates (subject to hydrolysis) is 1. The van der Waals surface area contributed by atoms with Crippen LogP contribution in [0, 0.1) is 17.2 Å². The highest BCUT2D eigenvalue weighted by atomic mass is 16.6. The summed E-state index contributed by atoms with van der Waals surface area (Å²) in [7, 11) is 1.91. The molecule has 2 atom stereocenters. The van der Waals surface area contributed by atoms with E-state index in [0.717, 1.165) is 6.42 Å². The molecule has 1 fully saturated rings. The van der Waals surface area contributed by atoms with Gasteiger partial charge >= 0.3 is 12.2 Å². The molecule has 13 nitrogen and oxygen atoms in total. The molecule has 2 amide bonds. The molecule has 39 heavy (non-hydrogen) atoms. The van der Waals surface area contributed by atoms with Crippen LogP contribution in [0.4, 0.5) is 15.4 Å². The normalized spacial score (nSPS) is 17.4. The highest BCUT2D eigenvalue weighted by Gasteiger charge is 2.33. The van der Waals surface area contributed by atoms with Crippen molar-refractivity contribution in [2.75, 3.05) is 51.4 Å². The first-order chi connectivity index (χ1) is 18.5. The molecule has 1 saturated heterocycles. The fourth-order valence-electron chi connectivity index (χ4n) is 4.38. The molecule has 0 radical (unpaired) electrons. The monoisotopic (exact) mass is 543 g/mol. The van der Waals surface area contributed by atoms with E-state index in [1.54, 1.807) is 37.9 Å². The van der Waals surface area contributed by atoms with Gasteiger partial charge in [0.2, 0.25) is 5.91 Å². The predicted octanol–water partition coefficient (Wildman–Crippen LogP) is 2.54. The van der Waals surface area contributed by atoms with Crippen molar-refractivity contribution in [3.8, 4) is 6.07 Å². The third kappa shape index (κ3) is 8.03. The molecule has 3 rings (SSSR count). The lowest BCUT2D eigenvalue weighted by Gasteiger charge is -2.42. The summed E-state index contributed by atoms with van der Waals surface area (Å²) >= 11 is 0. The fourth-order valence-corrected chi connectivity index (χ4v) is 4.38. The van der Waals surface area contributed by atoms with Crippen molar-refractivity contribution in [2.45, 2.75) is 52.2 Å². The minimum absolute atomic E-state index is 0.0169. The zero-order valence-electron chi connectivity index (χ0n) is 23.2. The van der Waals surface area contributed by atoms with Gasteiger partial charge in [0, 0.05) is 32.9 Å². The second kappa shape index (κ2) is 13.2. The largest absolute Gasteiger partial charge is 0.446 e. The van der Waals surface area contributed by atoms with Gasteiger partial charge in [0.15, 0.2) is 5.65 Å². The molecule has 0 aromatic carbocycles. The van der Waals surface area contributed by atoms with Gasteiger partial charge in [-0.3, -0.25) is 4.79 Å². The summed E-state index contributed by atoms with van der Waals surface area (Å²) in [5, 5.41) is 12.2. The number of rotatable bonds is 9. The molecule has 2 aromatic heterocycles. The Morgan fingerprint density at radius 1 is 1.23 bits per heavy atom. The van der Waals surface area contributed by atoms with Crippen molar-refractivity contribution in [2.24, 2.45) is 5.92 Å². The lowest BCUT2D eigenvalue weighted by Crippen LogP contribution is -2.52. The van der Waals surface area contributed by atoms with Crippen LogP contribution in [0.25, 0.3) is 11.0 Å². The Morgan fingerprint density at radius 2 is 2.00 bits per heavy atom. The van der Waals surface area contributed by atoms with Crippen molar-refractivity contribution in [1.82, 2.24) is 24.8 Å². The molecule has 1 aliphatic heterocycles. The quantitative estimate of drug-likeness (QED) is 0.467. The second-order valence-corrected chi connectivity index (χ2v) is 10.4. The van der Waals surface area contributed by atoms with Gasteiger partial charge in [-0.25, -0.2) is 24.1 Å². The van der Waals surface area contributed by atoms with E-state index in [4.69, 9.17) is 19.5 Å². The summed E-state index contributed by atoms with van der Waals surface area (Å²) in [5.74, 6) is 0.754. The zero-order valence-corrected chi connectivity index (χ0v) is 23.2. The molecular formula is C26H37N7O6. The molecule has 3 heterocycles. The molecule has 0 aliphatic carbocycles. The molecule has 212 valence electrons. The highest BCUT2D eigenvalue weighted by Crippen LogP contribution is 2.29. The summed E-state index contributed by atoms with van der Waals surface area (Å²) in [6.45, 7) is 9.27. The van der Waals surface area contributed by atoms with Crippen LogP contribution in [-0.4, -0.2) is 95.7 Å². The molecule has 1 unspecified atom stereocenters. The lowest BCUT2D eigenvalue weighted by molar-refractivity contribution is -0.131. The van der Waals surface area contributed by atoms with Crippen LogP contribution in [0.3, 0.4) is 0 Å². The first kappa shape index (κ1) is 29.6. The molecular weight excluding hydrogens is 506 g/mol. The van der Waals surface area contributed by atoms with Crippen LogP contribution >= 0.6 is 0 Å². The van der Waals surface area contributed by atoms with Crippen molar-refractivity contribution < 1.29 is 28.6 Å². The van der Waals surface area contributed by atoms with Crippen LogP contribution in [-0.2, 0) is 19.0 Å². The van der Waals surface area contributed by atoms with Crippen molar-refractivity contribution >= 4 is 34.9 Å². The van der Waals surface area contributed by atoms with E-state index in [9.17, 15) is 14.4 Å². The van der Waals surface area contributed by atoms with Crippen LogP contribution in [0.2, 0.25) is 0 Å².